The Balaban J connectivity index is 4.12. The van der Waals surface area contributed by atoms with E-state index in [4.69, 9.17) is 9.47 Å². The minimum Gasteiger partial charge on any atom is -0.465 e. The van der Waals surface area contributed by atoms with Crippen LogP contribution >= 0.6 is 0 Å². The molecule has 6 nitrogen and oxygen atoms in total. The maximum absolute atomic E-state index is 12.7. The Bertz CT molecular complexity index is 993. The van der Waals surface area contributed by atoms with Gasteiger partial charge in [0.25, 0.3) is 0 Å². The summed E-state index contributed by atoms with van der Waals surface area (Å²) in [6, 6.07) is 0.852. The summed E-state index contributed by atoms with van der Waals surface area (Å²) >= 11 is 0. The fraction of sp³-hybridized carbons (Fsp3) is 0.605. The van der Waals surface area contributed by atoms with Crippen molar-refractivity contribution in [2.75, 3.05) is 13.2 Å². The molecule has 0 spiro atoms. The van der Waals surface area contributed by atoms with Crippen molar-refractivity contribution in [2.45, 2.75) is 130 Å². The van der Waals surface area contributed by atoms with Crippen LogP contribution in [0.5, 0.6) is 0 Å². The third kappa shape index (κ3) is 29.5. The number of allylic oxidation sites excluding steroid dienone is 12. The summed E-state index contributed by atoms with van der Waals surface area (Å²) in [4.78, 5) is 37.5. The van der Waals surface area contributed by atoms with Crippen molar-refractivity contribution in [3.63, 3.8) is 0 Å². The summed E-state index contributed by atoms with van der Waals surface area (Å²) in [6.07, 6.45) is 34.6. The molecule has 0 saturated carbocycles. The highest BCUT2D eigenvalue weighted by Crippen LogP contribution is 2.18. The highest BCUT2D eigenvalue weighted by atomic mass is 28.3. The fourth-order valence-electron chi connectivity index (χ4n) is 3.91. The number of hydrogen-bond donors (Lipinski definition) is 1. The van der Waals surface area contributed by atoms with Crippen LogP contribution in [-0.4, -0.2) is 44.7 Å². The molecule has 1 atom stereocenters. The van der Waals surface area contributed by atoms with Crippen LogP contribution in [0.2, 0.25) is 25.7 Å². The van der Waals surface area contributed by atoms with E-state index in [1.54, 1.807) is 20.8 Å². The van der Waals surface area contributed by atoms with Crippen molar-refractivity contribution in [3.05, 3.63) is 72.9 Å². The third-order valence-corrected chi connectivity index (χ3v) is 8.15. The Morgan fingerprint density at radius 1 is 0.711 bits per heavy atom. The normalized spacial score (nSPS) is 13.7. The molecule has 0 aliphatic carbocycles. The van der Waals surface area contributed by atoms with Gasteiger partial charge in [-0.25, -0.2) is 0 Å². The number of carbonyl (C=O) groups excluding carboxylic acids is 3. The predicted molar refractivity (Wildman–Crippen MR) is 193 cm³/mol. The van der Waals surface area contributed by atoms with E-state index in [1.165, 1.54) is 0 Å². The van der Waals surface area contributed by atoms with Gasteiger partial charge in [0, 0.05) is 21.0 Å². The van der Waals surface area contributed by atoms with Gasteiger partial charge in [-0.3, -0.25) is 14.4 Å². The SMILES string of the molecule is CCC=CCC=CCC=CCC=CCC=CCC=CCCC(=O)NCCCCC(C(=O)OCC[Si](C)(C)C)C(=O)OC(C)(C)C. The molecular weight excluding hydrogens is 579 g/mol. The molecule has 0 aromatic heterocycles. The Morgan fingerprint density at radius 2 is 1.20 bits per heavy atom. The van der Waals surface area contributed by atoms with Crippen LogP contribution in [0.1, 0.15) is 98.3 Å². The first kappa shape index (κ1) is 42.1. The number of nitrogens with one attached hydrogen (secondary N) is 1. The lowest BCUT2D eigenvalue weighted by Crippen LogP contribution is -2.34. The second kappa shape index (κ2) is 26.3. The second-order valence-electron chi connectivity index (χ2n) is 13.4. The zero-order chi connectivity index (χ0) is 33.8. The number of carbonyl (C=O) groups is 3. The van der Waals surface area contributed by atoms with Gasteiger partial charge < -0.3 is 14.8 Å². The Kier molecular flexibility index (Phi) is 24.6. The van der Waals surface area contributed by atoms with Crippen LogP contribution in [0, 0.1) is 5.92 Å². The first-order valence-corrected chi connectivity index (χ1v) is 20.6. The summed E-state index contributed by atoms with van der Waals surface area (Å²) in [5.74, 6) is -1.98. The van der Waals surface area contributed by atoms with Crippen LogP contribution in [0.3, 0.4) is 0 Å². The monoisotopic (exact) mass is 641 g/mol. The standard InChI is InChI=1S/C38H63NO5Si/c1-8-9-10-11-12-13-14-15-16-17-18-19-20-21-22-23-24-25-26-30-35(40)39-31-28-27-29-34(37(42)44-38(2,3)4)36(41)43-32-33-45(5,6)7/h9-10,12-13,15-16,18-19,21-22,24-25,34H,8,11,14,17,20,23,26-33H2,1-7H3,(H,39,40). The Morgan fingerprint density at radius 3 is 1.67 bits per heavy atom. The minimum absolute atomic E-state index is 0.00368. The van der Waals surface area contributed by atoms with Gasteiger partial charge in [0.1, 0.15) is 5.60 Å². The lowest BCUT2D eigenvalue weighted by Gasteiger charge is -2.23. The molecule has 0 aromatic carbocycles. The summed E-state index contributed by atoms with van der Waals surface area (Å²) in [7, 11) is -1.35. The topological polar surface area (TPSA) is 81.7 Å². The van der Waals surface area contributed by atoms with E-state index in [-0.39, 0.29) is 5.91 Å². The summed E-state index contributed by atoms with van der Waals surface area (Å²) in [5, 5.41) is 2.93. The van der Waals surface area contributed by atoms with Crippen LogP contribution in [0.4, 0.5) is 0 Å². The fourth-order valence-corrected chi connectivity index (χ4v) is 4.62. The molecule has 0 bridgehead atoms. The van der Waals surface area contributed by atoms with E-state index >= 15 is 0 Å². The largest absolute Gasteiger partial charge is 0.465 e. The lowest BCUT2D eigenvalue weighted by molar-refractivity contribution is -0.169. The van der Waals surface area contributed by atoms with Crippen LogP contribution in [0.15, 0.2) is 72.9 Å². The van der Waals surface area contributed by atoms with E-state index in [0.717, 1.165) is 44.6 Å². The first-order valence-electron chi connectivity index (χ1n) is 16.9. The number of amides is 1. The van der Waals surface area contributed by atoms with Gasteiger partial charge in [-0.2, -0.15) is 0 Å². The molecule has 1 unspecified atom stereocenters. The zero-order valence-corrected chi connectivity index (χ0v) is 30.4. The molecule has 0 rings (SSSR count). The number of esters is 2. The lowest BCUT2D eigenvalue weighted by atomic mass is 10.0. The van der Waals surface area contributed by atoms with Gasteiger partial charge in [0.15, 0.2) is 5.92 Å². The highest BCUT2D eigenvalue weighted by Gasteiger charge is 2.32. The molecule has 7 heteroatoms. The average molecular weight is 642 g/mol. The number of ether oxygens (including phenoxy) is 2. The van der Waals surface area contributed by atoms with Crippen LogP contribution in [-0.2, 0) is 23.9 Å². The van der Waals surface area contributed by atoms with Gasteiger partial charge in [-0.15, -0.1) is 0 Å². The maximum Gasteiger partial charge on any atom is 0.320 e. The number of rotatable bonds is 24. The smallest absolute Gasteiger partial charge is 0.320 e. The first-order chi connectivity index (χ1) is 21.4. The Hall–Kier alpha value is -2.93. The average Bonchev–Trinajstić information content (AvgIpc) is 2.94. The maximum atomic E-state index is 12.7. The van der Waals surface area contributed by atoms with Crippen molar-refractivity contribution >= 4 is 25.9 Å². The summed E-state index contributed by atoms with van der Waals surface area (Å²) < 4.78 is 10.9. The quantitative estimate of drug-likeness (QED) is 0.0373. The highest BCUT2D eigenvalue weighted by molar-refractivity contribution is 6.76. The molecule has 45 heavy (non-hydrogen) atoms. The molecule has 1 amide bonds. The molecular formula is C38H63NO5Si. The Labute approximate surface area is 276 Å². The molecule has 0 aliphatic heterocycles. The second-order valence-corrected chi connectivity index (χ2v) is 19.0. The van der Waals surface area contributed by atoms with Gasteiger partial charge in [0.05, 0.1) is 6.61 Å². The molecule has 0 aromatic rings. The minimum atomic E-state index is -1.35. The molecule has 0 aliphatic rings. The molecule has 1 N–H and O–H groups in total. The van der Waals surface area contributed by atoms with Gasteiger partial charge in [-0.05, 0) is 84.6 Å². The van der Waals surface area contributed by atoms with Crippen LogP contribution < -0.4 is 5.32 Å². The molecule has 0 fully saturated rings. The van der Waals surface area contributed by atoms with Crippen molar-refractivity contribution in [3.8, 4) is 0 Å². The van der Waals surface area contributed by atoms with Crippen LogP contribution in [0.25, 0.3) is 0 Å². The van der Waals surface area contributed by atoms with E-state index in [1.807, 2.05) is 6.08 Å². The van der Waals surface area contributed by atoms with Gasteiger partial charge in [0.2, 0.25) is 5.91 Å². The van der Waals surface area contributed by atoms with Crippen molar-refractivity contribution in [1.82, 2.24) is 5.32 Å². The van der Waals surface area contributed by atoms with E-state index < -0.39 is 31.5 Å². The number of unbranched alkanes of at least 4 members (excludes halogenated alkanes) is 1. The predicted octanol–water partition coefficient (Wildman–Crippen LogP) is 9.59. The van der Waals surface area contributed by atoms with Crippen molar-refractivity contribution in [2.24, 2.45) is 5.92 Å². The summed E-state index contributed by atoms with van der Waals surface area (Å²) in [6.45, 7) is 15.0. The van der Waals surface area contributed by atoms with Crippen molar-refractivity contribution in [1.29, 1.82) is 0 Å². The van der Waals surface area contributed by atoms with E-state index in [2.05, 4.69) is 98.7 Å². The molecule has 0 saturated heterocycles. The van der Waals surface area contributed by atoms with Crippen molar-refractivity contribution < 1.29 is 23.9 Å². The summed E-state index contributed by atoms with van der Waals surface area (Å²) in [5.41, 5.74) is -0.675. The third-order valence-electron chi connectivity index (χ3n) is 6.45. The molecule has 0 heterocycles. The number of hydrogen-bond acceptors (Lipinski definition) is 5. The van der Waals surface area contributed by atoms with Gasteiger partial charge in [-0.1, -0.05) is 106 Å². The van der Waals surface area contributed by atoms with E-state index in [0.29, 0.717) is 45.3 Å². The molecule has 254 valence electrons. The molecule has 0 radical (unpaired) electrons. The van der Waals surface area contributed by atoms with Gasteiger partial charge >= 0.3 is 11.9 Å². The zero-order valence-electron chi connectivity index (χ0n) is 29.4. The van der Waals surface area contributed by atoms with E-state index in [9.17, 15) is 14.4 Å².